The molecule has 0 aliphatic heterocycles. The van der Waals surface area contributed by atoms with Crippen LogP contribution in [0.2, 0.25) is 0 Å². The third-order valence-electron chi connectivity index (χ3n) is 2.58. The molecule has 0 saturated carbocycles. The molecular formula is C12H9IN4. The first-order valence-corrected chi connectivity index (χ1v) is 6.18. The van der Waals surface area contributed by atoms with Gasteiger partial charge in [-0.25, -0.2) is 4.98 Å². The number of nitrogen functional groups attached to an aromatic ring is 1. The molecule has 0 bridgehead atoms. The molecule has 0 aliphatic rings. The quantitative estimate of drug-likeness (QED) is 0.695. The van der Waals surface area contributed by atoms with E-state index in [1.165, 1.54) is 0 Å². The predicted octanol–water partition coefficient (Wildman–Crippen LogP) is 2.61. The number of aromatic nitrogens is 3. The molecule has 84 valence electrons. The highest BCUT2D eigenvalue weighted by atomic mass is 127. The van der Waals surface area contributed by atoms with Gasteiger partial charge < -0.3 is 5.73 Å². The minimum Gasteiger partial charge on any atom is -0.369 e. The molecule has 4 nitrogen and oxygen atoms in total. The number of imidazole rings is 1. The number of para-hydroxylation sites is 1. The molecule has 0 atom stereocenters. The summed E-state index contributed by atoms with van der Waals surface area (Å²) in [5, 5.41) is 0. The smallest absolute Gasteiger partial charge is 0.206 e. The third kappa shape index (κ3) is 1.66. The van der Waals surface area contributed by atoms with Crippen LogP contribution in [0.1, 0.15) is 0 Å². The summed E-state index contributed by atoms with van der Waals surface area (Å²) in [5.74, 6) is 0.483. The van der Waals surface area contributed by atoms with Crippen LogP contribution in [-0.2, 0) is 0 Å². The van der Waals surface area contributed by atoms with E-state index in [1.807, 2.05) is 34.9 Å². The van der Waals surface area contributed by atoms with Crippen LogP contribution in [0.15, 0.2) is 42.7 Å². The molecule has 3 rings (SSSR count). The zero-order valence-corrected chi connectivity index (χ0v) is 11.0. The SMILES string of the molecule is Nc1nc2cnccc2n1-c1ccccc1I. The second-order valence-electron chi connectivity index (χ2n) is 3.62. The van der Waals surface area contributed by atoms with Gasteiger partial charge in [0.25, 0.3) is 0 Å². The fourth-order valence-corrected chi connectivity index (χ4v) is 2.47. The predicted molar refractivity (Wildman–Crippen MR) is 76.0 cm³/mol. The molecule has 1 aromatic carbocycles. The lowest BCUT2D eigenvalue weighted by atomic mass is 10.3. The summed E-state index contributed by atoms with van der Waals surface area (Å²) in [4.78, 5) is 8.36. The zero-order valence-electron chi connectivity index (χ0n) is 8.84. The Bertz CT molecular complexity index is 690. The van der Waals surface area contributed by atoms with Crippen molar-refractivity contribution in [2.45, 2.75) is 0 Å². The van der Waals surface area contributed by atoms with Crippen molar-refractivity contribution < 1.29 is 0 Å². The van der Waals surface area contributed by atoms with E-state index < -0.39 is 0 Å². The number of hydrogen-bond donors (Lipinski definition) is 1. The second-order valence-corrected chi connectivity index (χ2v) is 4.78. The first kappa shape index (κ1) is 10.5. The van der Waals surface area contributed by atoms with Gasteiger partial charge in [-0.3, -0.25) is 9.55 Å². The highest BCUT2D eigenvalue weighted by molar-refractivity contribution is 14.1. The Labute approximate surface area is 112 Å². The zero-order chi connectivity index (χ0) is 11.8. The monoisotopic (exact) mass is 336 g/mol. The van der Waals surface area contributed by atoms with E-state index >= 15 is 0 Å². The van der Waals surface area contributed by atoms with E-state index in [-0.39, 0.29) is 0 Å². The Hall–Kier alpha value is -1.63. The number of fused-ring (bicyclic) bond motifs is 1. The van der Waals surface area contributed by atoms with E-state index in [0.717, 1.165) is 20.3 Å². The van der Waals surface area contributed by atoms with Crippen molar-refractivity contribution in [1.82, 2.24) is 14.5 Å². The molecule has 0 amide bonds. The normalized spacial score (nSPS) is 10.9. The van der Waals surface area contributed by atoms with Gasteiger partial charge in [-0.15, -0.1) is 0 Å². The molecule has 0 aliphatic carbocycles. The van der Waals surface area contributed by atoms with Crippen LogP contribution in [0.25, 0.3) is 16.7 Å². The lowest BCUT2D eigenvalue weighted by Gasteiger charge is -2.08. The lowest BCUT2D eigenvalue weighted by molar-refractivity contribution is 1.10. The Balaban J connectivity index is 2.38. The van der Waals surface area contributed by atoms with Gasteiger partial charge in [0.15, 0.2) is 0 Å². The van der Waals surface area contributed by atoms with Crippen LogP contribution >= 0.6 is 22.6 Å². The van der Waals surface area contributed by atoms with Crippen LogP contribution in [-0.4, -0.2) is 14.5 Å². The average Bonchev–Trinajstić information content (AvgIpc) is 2.66. The van der Waals surface area contributed by atoms with E-state index in [9.17, 15) is 0 Å². The molecule has 17 heavy (non-hydrogen) atoms. The van der Waals surface area contributed by atoms with Crippen molar-refractivity contribution in [2.75, 3.05) is 5.73 Å². The van der Waals surface area contributed by atoms with Crippen LogP contribution in [0.4, 0.5) is 5.95 Å². The Morgan fingerprint density at radius 3 is 2.82 bits per heavy atom. The molecule has 5 heteroatoms. The summed E-state index contributed by atoms with van der Waals surface area (Å²) < 4.78 is 3.08. The number of halogens is 1. The molecule has 2 heterocycles. The summed E-state index contributed by atoms with van der Waals surface area (Å²) in [5.41, 5.74) is 8.80. The van der Waals surface area contributed by atoms with Gasteiger partial charge in [-0.2, -0.15) is 0 Å². The topological polar surface area (TPSA) is 56.7 Å². The third-order valence-corrected chi connectivity index (χ3v) is 3.49. The molecule has 0 saturated heterocycles. The molecule has 0 radical (unpaired) electrons. The largest absolute Gasteiger partial charge is 0.369 e. The minimum atomic E-state index is 0.483. The van der Waals surface area contributed by atoms with Crippen molar-refractivity contribution in [2.24, 2.45) is 0 Å². The van der Waals surface area contributed by atoms with Crippen molar-refractivity contribution in [3.63, 3.8) is 0 Å². The van der Waals surface area contributed by atoms with Gasteiger partial charge in [0.05, 0.1) is 17.4 Å². The summed E-state index contributed by atoms with van der Waals surface area (Å²) >= 11 is 2.29. The highest BCUT2D eigenvalue weighted by Crippen LogP contribution is 2.25. The second kappa shape index (κ2) is 3.99. The van der Waals surface area contributed by atoms with Crippen molar-refractivity contribution in [1.29, 1.82) is 0 Å². The number of nitrogens with zero attached hydrogens (tertiary/aromatic N) is 3. The van der Waals surface area contributed by atoms with Gasteiger partial charge in [0.2, 0.25) is 5.95 Å². The molecule has 3 aromatic rings. The number of hydrogen-bond acceptors (Lipinski definition) is 3. The summed E-state index contributed by atoms with van der Waals surface area (Å²) in [6, 6.07) is 9.98. The highest BCUT2D eigenvalue weighted by Gasteiger charge is 2.11. The maximum atomic E-state index is 5.97. The number of anilines is 1. The fourth-order valence-electron chi connectivity index (χ4n) is 1.84. The number of pyridine rings is 1. The van der Waals surface area contributed by atoms with Gasteiger partial charge in [-0.05, 0) is 40.8 Å². The summed E-state index contributed by atoms with van der Waals surface area (Å²) in [6.07, 6.45) is 3.47. The van der Waals surface area contributed by atoms with Crippen LogP contribution in [0.3, 0.4) is 0 Å². The van der Waals surface area contributed by atoms with Gasteiger partial charge in [-0.1, -0.05) is 12.1 Å². The number of benzene rings is 1. The van der Waals surface area contributed by atoms with E-state index in [4.69, 9.17) is 5.73 Å². The maximum Gasteiger partial charge on any atom is 0.206 e. The van der Waals surface area contributed by atoms with Crippen molar-refractivity contribution >= 4 is 39.6 Å². The lowest BCUT2D eigenvalue weighted by Crippen LogP contribution is -2.02. The van der Waals surface area contributed by atoms with Crippen molar-refractivity contribution in [3.8, 4) is 5.69 Å². The first-order chi connectivity index (χ1) is 8.27. The molecule has 2 aromatic heterocycles. The van der Waals surface area contributed by atoms with Crippen LogP contribution in [0, 0.1) is 3.57 Å². The Kier molecular flexibility index (Phi) is 2.47. The fraction of sp³-hybridized carbons (Fsp3) is 0. The minimum absolute atomic E-state index is 0.483. The van der Waals surface area contributed by atoms with Gasteiger partial charge in [0.1, 0.15) is 5.52 Å². The maximum absolute atomic E-state index is 5.97. The molecule has 2 N–H and O–H groups in total. The van der Waals surface area contributed by atoms with Gasteiger partial charge in [0, 0.05) is 9.77 Å². The summed E-state index contributed by atoms with van der Waals surface area (Å²) in [7, 11) is 0. The average molecular weight is 336 g/mol. The first-order valence-electron chi connectivity index (χ1n) is 5.10. The van der Waals surface area contributed by atoms with Crippen LogP contribution < -0.4 is 5.73 Å². The number of nitrogens with two attached hydrogens (primary N) is 1. The Morgan fingerprint density at radius 2 is 2.00 bits per heavy atom. The molecular weight excluding hydrogens is 327 g/mol. The van der Waals surface area contributed by atoms with E-state index in [0.29, 0.717) is 5.95 Å². The summed E-state index contributed by atoms with van der Waals surface area (Å²) in [6.45, 7) is 0. The van der Waals surface area contributed by atoms with E-state index in [2.05, 4.69) is 32.6 Å². The van der Waals surface area contributed by atoms with Crippen LogP contribution in [0.5, 0.6) is 0 Å². The molecule has 0 fully saturated rings. The van der Waals surface area contributed by atoms with Gasteiger partial charge >= 0.3 is 0 Å². The van der Waals surface area contributed by atoms with E-state index in [1.54, 1.807) is 12.4 Å². The standard InChI is InChI=1S/C12H9IN4/c13-8-3-1-2-4-10(8)17-11-5-6-15-7-9(11)16-12(17)14/h1-7H,(H2,14,16). The molecule has 0 unspecified atom stereocenters. The molecule has 0 spiro atoms. The Morgan fingerprint density at radius 1 is 1.18 bits per heavy atom. The van der Waals surface area contributed by atoms with Crippen molar-refractivity contribution in [3.05, 3.63) is 46.3 Å². The number of rotatable bonds is 1.